The molecule has 2 aromatic rings. The fourth-order valence-corrected chi connectivity index (χ4v) is 2.07. The third-order valence-electron chi connectivity index (χ3n) is 2.97. The second-order valence-corrected chi connectivity index (χ2v) is 4.81. The van der Waals surface area contributed by atoms with Crippen LogP contribution in [0.1, 0.15) is 5.56 Å². The average molecular weight is 320 g/mol. The maximum Gasteiger partial charge on any atom is 0.269 e. The van der Waals surface area contributed by atoms with Crippen molar-refractivity contribution in [2.45, 2.75) is 0 Å². The molecule has 0 spiro atoms. The summed E-state index contributed by atoms with van der Waals surface area (Å²) in [7, 11) is 0. The Kier molecular flexibility index (Phi) is 3.80. The standard InChI is InChI=1S/C14H10ClN3O4/c15-12-6-14-13(21-8-22-14)5-9(12)7-16-17-10-1-3-11(4-2-10)18(19)20/h1-7,17H,8H2. The summed E-state index contributed by atoms with van der Waals surface area (Å²) in [6, 6.07) is 9.31. The first-order valence-corrected chi connectivity index (χ1v) is 6.64. The molecule has 1 heterocycles. The predicted octanol–water partition coefficient (Wildman–Crippen LogP) is 3.42. The molecule has 7 nitrogen and oxygen atoms in total. The number of fused-ring (bicyclic) bond motifs is 1. The van der Waals surface area contributed by atoms with Crippen molar-refractivity contribution in [3.8, 4) is 11.5 Å². The lowest BCUT2D eigenvalue weighted by Crippen LogP contribution is -1.93. The molecule has 0 saturated carbocycles. The van der Waals surface area contributed by atoms with E-state index >= 15 is 0 Å². The quantitative estimate of drug-likeness (QED) is 0.530. The van der Waals surface area contributed by atoms with Crippen molar-refractivity contribution in [2.75, 3.05) is 12.2 Å². The van der Waals surface area contributed by atoms with Gasteiger partial charge in [-0.05, 0) is 18.2 Å². The van der Waals surface area contributed by atoms with Crippen molar-refractivity contribution in [3.63, 3.8) is 0 Å². The second-order valence-electron chi connectivity index (χ2n) is 4.40. The fourth-order valence-electron chi connectivity index (χ4n) is 1.87. The number of ether oxygens (including phenoxy) is 2. The van der Waals surface area contributed by atoms with Crippen LogP contribution < -0.4 is 14.9 Å². The highest BCUT2D eigenvalue weighted by atomic mass is 35.5. The molecule has 1 aliphatic rings. The van der Waals surface area contributed by atoms with Gasteiger partial charge in [0.1, 0.15) is 0 Å². The molecule has 0 radical (unpaired) electrons. The van der Waals surface area contributed by atoms with Crippen molar-refractivity contribution in [1.82, 2.24) is 0 Å². The maximum absolute atomic E-state index is 10.6. The van der Waals surface area contributed by atoms with Gasteiger partial charge in [0.15, 0.2) is 11.5 Å². The van der Waals surface area contributed by atoms with Gasteiger partial charge in [-0.15, -0.1) is 0 Å². The predicted molar refractivity (Wildman–Crippen MR) is 81.9 cm³/mol. The van der Waals surface area contributed by atoms with Gasteiger partial charge in [0.05, 0.1) is 21.8 Å². The Balaban J connectivity index is 1.71. The molecule has 0 bridgehead atoms. The normalized spacial score (nSPS) is 12.6. The van der Waals surface area contributed by atoms with E-state index in [1.54, 1.807) is 24.3 Å². The summed E-state index contributed by atoms with van der Waals surface area (Å²) in [5.41, 5.74) is 4.08. The third kappa shape index (κ3) is 2.94. The van der Waals surface area contributed by atoms with Crippen molar-refractivity contribution in [1.29, 1.82) is 0 Å². The Morgan fingerprint density at radius 2 is 1.91 bits per heavy atom. The van der Waals surface area contributed by atoms with Gasteiger partial charge < -0.3 is 9.47 Å². The summed E-state index contributed by atoms with van der Waals surface area (Å²) >= 11 is 6.12. The SMILES string of the molecule is O=[N+]([O-])c1ccc(NN=Cc2cc3c(cc2Cl)OCO3)cc1. The lowest BCUT2D eigenvalue weighted by Gasteiger charge is -2.02. The smallest absolute Gasteiger partial charge is 0.269 e. The number of nitrogens with one attached hydrogen (secondary N) is 1. The van der Waals surface area contributed by atoms with E-state index in [4.69, 9.17) is 21.1 Å². The number of nitrogens with zero attached hydrogens (tertiary/aromatic N) is 2. The highest BCUT2D eigenvalue weighted by Crippen LogP contribution is 2.36. The van der Waals surface area contributed by atoms with Crippen LogP contribution in [0.5, 0.6) is 11.5 Å². The Morgan fingerprint density at radius 1 is 1.23 bits per heavy atom. The van der Waals surface area contributed by atoms with E-state index in [0.29, 0.717) is 27.8 Å². The summed E-state index contributed by atoms with van der Waals surface area (Å²) in [6.07, 6.45) is 1.53. The minimum atomic E-state index is -0.459. The first-order valence-electron chi connectivity index (χ1n) is 6.26. The monoisotopic (exact) mass is 319 g/mol. The zero-order chi connectivity index (χ0) is 15.5. The molecule has 2 aromatic carbocycles. The number of rotatable bonds is 4. The van der Waals surface area contributed by atoms with Gasteiger partial charge in [-0.2, -0.15) is 5.10 Å². The summed E-state index contributed by atoms with van der Waals surface area (Å²) < 4.78 is 10.5. The van der Waals surface area contributed by atoms with E-state index in [0.717, 1.165) is 0 Å². The maximum atomic E-state index is 10.6. The van der Waals surface area contributed by atoms with Crippen LogP contribution in [-0.4, -0.2) is 17.9 Å². The van der Waals surface area contributed by atoms with E-state index in [9.17, 15) is 10.1 Å². The fraction of sp³-hybridized carbons (Fsp3) is 0.0714. The Hall–Kier alpha value is -2.80. The van der Waals surface area contributed by atoms with Gasteiger partial charge in [-0.25, -0.2) is 0 Å². The third-order valence-corrected chi connectivity index (χ3v) is 3.29. The molecule has 0 atom stereocenters. The van der Waals surface area contributed by atoms with Crippen molar-refractivity contribution in [3.05, 3.63) is 57.1 Å². The molecule has 1 aliphatic heterocycles. The number of benzene rings is 2. The topological polar surface area (TPSA) is 86.0 Å². The molecule has 0 aromatic heterocycles. The van der Waals surface area contributed by atoms with Crippen molar-refractivity contribution < 1.29 is 14.4 Å². The molecule has 3 rings (SSSR count). The van der Waals surface area contributed by atoms with E-state index in [1.165, 1.54) is 18.3 Å². The van der Waals surface area contributed by atoms with Crippen LogP contribution in [0.3, 0.4) is 0 Å². The molecule has 0 unspecified atom stereocenters. The lowest BCUT2D eigenvalue weighted by atomic mass is 10.2. The van der Waals surface area contributed by atoms with Crippen LogP contribution in [0.15, 0.2) is 41.5 Å². The van der Waals surface area contributed by atoms with E-state index < -0.39 is 4.92 Å². The second kappa shape index (κ2) is 5.90. The molecule has 0 amide bonds. The number of nitro groups is 1. The van der Waals surface area contributed by atoms with Gasteiger partial charge in [0.2, 0.25) is 6.79 Å². The Labute approximate surface area is 130 Å². The number of hydrazone groups is 1. The van der Waals surface area contributed by atoms with Crippen molar-refractivity contribution in [2.24, 2.45) is 5.10 Å². The van der Waals surface area contributed by atoms with Crippen LogP contribution >= 0.6 is 11.6 Å². The molecule has 0 saturated heterocycles. The molecule has 22 heavy (non-hydrogen) atoms. The van der Waals surface area contributed by atoms with E-state index in [-0.39, 0.29) is 12.5 Å². The van der Waals surface area contributed by atoms with Gasteiger partial charge >= 0.3 is 0 Å². The van der Waals surface area contributed by atoms with Crippen LogP contribution in [-0.2, 0) is 0 Å². The molecule has 0 fully saturated rings. The van der Waals surface area contributed by atoms with Gasteiger partial charge in [-0.3, -0.25) is 15.5 Å². The van der Waals surface area contributed by atoms with Crippen LogP contribution in [0, 0.1) is 10.1 Å². The highest BCUT2D eigenvalue weighted by Gasteiger charge is 2.15. The molecular formula is C14H10ClN3O4. The molecule has 1 N–H and O–H groups in total. The lowest BCUT2D eigenvalue weighted by molar-refractivity contribution is -0.384. The van der Waals surface area contributed by atoms with E-state index in [2.05, 4.69) is 10.5 Å². The minimum Gasteiger partial charge on any atom is -0.454 e. The Morgan fingerprint density at radius 3 is 2.59 bits per heavy atom. The molecular weight excluding hydrogens is 310 g/mol. The van der Waals surface area contributed by atoms with Gasteiger partial charge in [-0.1, -0.05) is 11.6 Å². The highest BCUT2D eigenvalue weighted by molar-refractivity contribution is 6.33. The zero-order valence-electron chi connectivity index (χ0n) is 11.2. The summed E-state index contributed by atoms with van der Waals surface area (Å²) in [4.78, 5) is 10.1. The van der Waals surface area contributed by atoms with Crippen LogP contribution in [0.25, 0.3) is 0 Å². The number of nitro benzene ring substituents is 1. The van der Waals surface area contributed by atoms with E-state index in [1.807, 2.05) is 0 Å². The van der Waals surface area contributed by atoms with Crippen molar-refractivity contribution >= 4 is 29.2 Å². The first kappa shape index (κ1) is 14.2. The number of hydrogen-bond acceptors (Lipinski definition) is 6. The number of halogens is 1. The average Bonchev–Trinajstić information content (AvgIpc) is 2.95. The number of hydrogen-bond donors (Lipinski definition) is 1. The summed E-state index contributed by atoms with van der Waals surface area (Å²) in [5.74, 6) is 1.21. The van der Waals surface area contributed by atoms with Crippen LogP contribution in [0.2, 0.25) is 5.02 Å². The number of anilines is 1. The number of non-ortho nitro benzene ring substituents is 1. The Bertz CT molecular complexity index is 746. The minimum absolute atomic E-state index is 0.0216. The summed E-state index contributed by atoms with van der Waals surface area (Å²) in [6.45, 7) is 0.174. The largest absolute Gasteiger partial charge is 0.454 e. The van der Waals surface area contributed by atoms with Gasteiger partial charge in [0.25, 0.3) is 5.69 Å². The molecule has 0 aliphatic carbocycles. The molecule has 112 valence electrons. The molecule has 8 heteroatoms. The van der Waals surface area contributed by atoms with Gasteiger partial charge in [0, 0.05) is 23.8 Å². The zero-order valence-corrected chi connectivity index (χ0v) is 11.9. The summed E-state index contributed by atoms with van der Waals surface area (Å²) in [5, 5.41) is 15.1. The first-order chi connectivity index (χ1) is 10.6. The van der Waals surface area contributed by atoms with Crippen LogP contribution in [0.4, 0.5) is 11.4 Å².